The van der Waals surface area contributed by atoms with Crippen LogP contribution in [0.1, 0.15) is 25.8 Å². The minimum Gasteiger partial charge on any atom is -0.504 e. The Bertz CT molecular complexity index is 564. The van der Waals surface area contributed by atoms with Gasteiger partial charge in [-0.2, -0.15) is 0 Å². The summed E-state index contributed by atoms with van der Waals surface area (Å²) in [6.45, 7) is 2.93. The molecule has 0 amide bonds. The SMILES string of the molecule is CCOC(=O)[C@H](C(C)=O)C(=O)CCc1ccc(O)c(OC)c1. The van der Waals surface area contributed by atoms with E-state index in [4.69, 9.17) is 9.47 Å². The maximum atomic E-state index is 12.1. The van der Waals surface area contributed by atoms with E-state index in [9.17, 15) is 19.5 Å². The van der Waals surface area contributed by atoms with Crippen LogP contribution in [-0.4, -0.2) is 36.4 Å². The Hall–Kier alpha value is -2.37. The normalized spacial score (nSPS) is 11.6. The predicted molar refractivity (Wildman–Crippen MR) is 78.8 cm³/mol. The lowest BCUT2D eigenvalue weighted by molar-refractivity contribution is -0.154. The van der Waals surface area contributed by atoms with E-state index >= 15 is 0 Å². The van der Waals surface area contributed by atoms with Crippen molar-refractivity contribution in [2.24, 2.45) is 5.92 Å². The van der Waals surface area contributed by atoms with Crippen LogP contribution in [0, 0.1) is 5.92 Å². The first-order valence-corrected chi connectivity index (χ1v) is 6.96. The van der Waals surface area contributed by atoms with Gasteiger partial charge in [0, 0.05) is 6.42 Å². The summed E-state index contributed by atoms with van der Waals surface area (Å²) < 4.78 is 9.74. The molecule has 120 valence electrons. The standard InChI is InChI=1S/C16H20O6/c1-4-22-16(20)15(10(2)17)13(19)8-6-11-5-7-12(18)14(9-11)21-3/h5,7,9,15,18H,4,6,8H2,1-3H3/t15-/m1/s1. The van der Waals surface area contributed by atoms with Gasteiger partial charge in [0.25, 0.3) is 0 Å². The zero-order chi connectivity index (χ0) is 16.7. The Kier molecular flexibility index (Phi) is 6.56. The Morgan fingerprint density at radius 2 is 1.95 bits per heavy atom. The van der Waals surface area contributed by atoms with Crippen molar-refractivity contribution in [3.05, 3.63) is 23.8 Å². The van der Waals surface area contributed by atoms with Gasteiger partial charge in [0.15, 0.2) is 29.0 Å². The van der Waals surface area contributed by atoms with Gasteiger partial charge in [0.2, 0.25) is 0 Å². The highest BCUT2D eigenvalue weighted by atomic mass is 16.5. The van der Waals surface area contributed by atoms with Crippen molar-refractivity contribution in [1.82, 2.24) is 0 Å². The molecule has 0 radical (unpaired) electrons. The summed E-state index contributed by atoms with van der Waals surface area (Å²) >= 11 is 0. The van der Waals surface area contributed by atoms with Crippen molar-refractivity contribution < 1.29 is 29.0 Å². The van der Waals surface area contributed by atoms with Crippen LogP contribution in [0.2, 0.25) is 0 Å². The van der Waals surface area contributed by atoms with E-state index < -0.39 is 23.5 Å². The number of benzene rings is 1. The number of hydrogen-bond acceptors (Lipinski definition) is 6. The monoisotopic (exact) mass is 308 g/mol. The van der Waals surface area contributed by atoms with Crippen molar-refractivity contribution in [2.75, 3.05) is 13.7 Å². The van der Waals surface area contributed by atoms with E-state index in [-0.39, 0.29) is 18.8 Å². The number of phenols is 1. The smallest absolute Gasteiger partial charge is 0.324 e. The van der Waals surface area contributed by atoms with Gasteiger partial charge in [0.1, 0.15) is 0 Å². The Morgan fingerprint density at radius 3 is 2.50 bits per heavy atom. The molecule has 0 aliphatic rings. The lowest BCUT2D eigenvalue weighted by Gasteiger charge is -2.12. The molecular formula is C16H20O6. The van der Waals surface area contributed by atoms with Gasteiger partial charge >= 0.3 is 5.97 Å². The van der Waals surface area contributed by atoms with Crippen molar-refractivity contribution in [1.29, 1.82) is 0 Å². The first kappa shape index (κ1) is 17.7. The first-order chi connectivity index (χ1) is 10.4. The Morgan fingerprint density at radius 1 is 1.27 bits per heavy atom. The highest BCUT2D eigenvalue weighted by Crippen LogP contribution is 2.27. The first-order valence-electron chi connectivity index (χ1n) is 6.96. The minimum atomic E-state index is -1.36. The summed E-state index contributed by atoms with van der Waals surface area (Å²) in [5.41, 5.74) is 0.758. The van der Waals surface area contributed by atoms with Crippen LogP contribution in [0.25, 0.3) is 0 Å². The predicted octanol–water partition coefficient (Wildman–Crippen LogP) is 1.67. The Balaban J connectivity index is 2.75. The number of Topliss-reactive ketones (excluding diaryl/α,β-unsaturated/α-hetero) is 2. The van der Waals surface area contributed by atoms with Crippen LogP contribution in [0.15, 0.2) is 18.2 Å². The van der Waals surface area contributed by atoms with Crippen LogP contribution in [0.4, 0.5) is 0 Å². The molecule has 1 rings (SSSR count). The second-order valence-corrected chi connectivity index (χ2v) is 4.77. The van der Waals surface area contributed by atoms with Crippen molar-refractivity contribution in [3.63, 3.8) is 0 Å². The van der Waals surface area contributed by atoms with Crippen molar-refractivity contribution in [3.8, 4) is 11.5 Å². The molecule has 6 nitrogen and oxygen atoms in total. The molecule has 0 saturated carbocycles. The van der Waals surface area contributed by atoms with E-state index in [0.29, 0.717) is 12.2 Å². The van der Waals surface area contributed by atoms with Crippen LogP contribution < -0.4 is 4.74 Å². The lowest BCUT2D eigenvalue weighted by atomic mass is 9.95. The molecule has 0 unspecified atom stereocenters. The number of carbonyl (C=O) groups excluding carboxylic acids is 3. The molecule has 6 heteroatoms. The summed E-state index contributed by atoms with van der Waals surface area (Å²) in [6.07, 6.45) is 0.357. The minimum absolute atomic E-state index is 0.00529. The van der Waals surface area contributed by atoms with Gasteiger partial charge < -0.3 is 14.6 Å². The second-order valence-electron chi connectivity index (χ2n) is 4.77. The molecule has 1 aromatic rings. The maximum absolute atomic E-state index is 12.1. The van der Waals surface area contributed by atoms with Crippen LogP contribution in [-0.2, 0) is 25.5 Å². The summed E-state index contributed by atoms with van der Waals surface area (Å²) in [5, 5.41) is 9.51. The molecule has 0 heterocycles. The average Bonchev–Trinajstić information content (AvgIpc) is 2.46. The van der Waals surface area contributed by atoms with E-state index in [1.165, 1.54) is 20.1 Å². The zero-order valence-electron chi connectivity index (χ0n) is 12.9. The van der Waals surface area contributed by atoms with Gasteiger partial charge in [0.05, 0.1) is 13.7 Å². The topological polar surface area (TPSA) is 89.9 Å². The third kappa shape index (κ3) is 4.58. The fourth-order valence-electron chi connectivity index (χ4n) is 2.04. The molecule has 1 atom stereocenters. The van der Waals surface area contributed by atoms with Gasteiger partial charge in [-0.15, -0.1) is 0 Å². The molecule has 0 spiro atoms. The number of ether oxygens (including phenoxy) is 2. The summed E-state index contributed by atoms with van der Waals surface area (Å²) in [6, 6.07) is 4.72. The number of ketones is 2. The fraction of sp³-hybridized carbons (Fsp3) is 0.438. The van der Waals surface area contributed by atoms with Crippen LogP contribution >= 0.6 is 0 Å². The number of esters is 1. The van der Waals surface area contributed by atoms with E-state index in [1.807, 2.05) is 0 Å². The number of methoxy groups -OCH3 is 1. The van der Waals surface area contributed by atoms with E-state index in [1.54, 1.807) is 19.1 Å². The largest absolute Gasteiger partial charge is 0.504 e. The van der Waals surface area contributed by atoms with Crippen molar-refractivity contribution in [2.45, 2.75) is 26.7 Å². The number of aromatic hydroxyl groups is 1. The molecule has 0 bridgehead atoms. The molecule has 0 saturated heterocycles. The van der Waals surface area contributed by atoms with Gasteiger partial charge in [-0.1, -0.05) is 6.07 Å². The third-order valence-electron chi connectivity index (χ3n) is 3.16. The number of hydrogen-bond donors (Lipinski definition) is 1. The summed E-state index contributed by atoms with van der Waals surface area (Å²) in [5.74, 6) is -2.85. The zero-order valence-corrected chi connectivity index (χ0v) is 12.9. The number of carbonyl (C=O) groups is 3. The molecule has 0 aliphatic heterocycles. The van der Waals surface area contributed by atoms with E-state index in [0.717, 1.165) is 5.56 Å². The van der Waals surface area contributed by atoms with Crippen LogP contribution in [0.5, 0.6) is 11.5 Å². The van der Waals surface area contributed by atoms with Gasteiger partial charge in [-0.25, -0.2) is 0 Å². The molecule has 0 fully saturated rings. The molecule has 0 aliphatic carbocycles. The number of rotatable bonds is 8. The molecule has 1 N–H and O–H groups in total. The molecular weight excluding hydrogens is 288 g/mol. The quantitative estimate of drug-likeness (QED) is 0.580. The van der Waals surface area contributed by atoms with Gasteiger partial charge in [-0.05, 0) is 38.0 Å². The maximum Gasteiger partial charge on any atom is 0.324 e. The highest BCUT2D eigenvalue weighted by molar-refractivity contribution is 6.16. The Labute approximate surface area is 129 Å². The summed E-state index contributed by atoms with van der Waals surface area (Å²) in [4.78, 5) is 35.2. The lowest BCUT2D eigenvalue weighted by Crippen LogP contribution is -2.32. The van der Waals surface area contributed by atoms with E-state index in [2.05, 4.69) is 0 Å². The van der Waals surface area contributed by atoms with Crippen molar-refractivity contribution >= 4 is 17.5 Å². The molecule has 1 aromatic carbocycles. The molecule has 22 heavy (non-hydrogen) atoms. The van der Waals surface area contributed by atoms with Crippen LogP contribution in [0.3, 0.4) is 0 Å². The fourth-order valence-corrected chi connectivity index (χ4v) is 2.04. The third-order valence-corrected chi connectivity index (χ3v) is 3.16. The second kappa shape index (κ2) is 8.17. The number of phenolic OH excluding ortho intramolecular Hbond substituents is 1. The molecule has 0 aromatic heterocycles. The summed E-state index contributed by atoms with van der Waals surface area (Å²) in [7, 11) is 1.43. The average molecular weight is 308 g/mol. The number of aryl methyl sites for hydroxylation is 1. The van der Waals surface area contributed by atoms with Gasteiger partial charge in [-0.3, -0.25) is 14.4 Å². The highest BCUT2D eigenvalue weighted by Gasteiger charge is 2.31.